The highest BCUT2D eigenvalue weighted by Crippen LogP contribution is 2.32. The molecule has 4 saturated heterocycles. The lowest BCUT2D eigenvalue weighted by Gasteiger charge is -2.37. The van der Waals surface area contributed by atoms with Gasteiger partial charge in [0.2, 0.25) is 0 Å². The molecule has 2 atom stereocenters. The monoisotopic (exact) mass is 363 g/mol. The first-order valence-corrected chi connectivity index (χ1v) is 10.6. The zero-order chi connectivity index (χ0) is 17.4. The van der Waals surface area contributed by atoms with Gasteiger partial charge in [0, 0.05) is 44.3 Å². The van der Waals surface area contributed by atoms with E-state index in [-0.39, 0.29) is 17.9 Å². The van der Waals surface area contributed by atoms with Crippen molar-refractivity contribution >= 4 is 16.1 Å². The smallest absolute Gasteiger partial charge is 0.282 e. The summed E-state index contributed by atoms with van der Waals surface area (Å²) < 4.78 is 29.4. The van der Waals surface area contributed by atoms with Gasteiger partial charge in [-0.15, -0.1) is 0 Å². The summed E-state index contributed by atoms with van der Waals surface area (Å²) in [6.45, 7) is 2.95. The van der Waals surface area contributed by atoms with Gasteiger partial charge in [0.15, 0.2) is 0 Å². The second-order valence-corrected chi connectivity index (χ2v) is 9.24. The van der Waals surface area contributed by atoms with Crippen LogP contribution in [0.3, 0.4) is 0 Å². The lowest BCUT2D eigenvalue weighted by Crippen LogP contribution is -2.52. The highest BCUT2D eigenvalue weighted by atomic mass is 32.2. The van der Waals surface area contributed by atoms with Crippen LogP contribution in [0.4, 0.5) is 0 Å². The van der Waals surface area contributed by atoms with E-state index < -0.39 is 10.2 Å². The van der Waals surface area contributed by atoms with Crippen LogP contribution in [-0.2, 0) is 10.2 Å². The number of carbonyl (C=O) groups is 1. The molecular formula is C18H25N3O3S. The summed E-state index contributed by atoms with van der Waals surface area (Å²) in [5.74, 6) is 0.238. The third-order valence-corrected chi connectivity index (χ3v) is 7.72. The van der Waals surface area contributed by atoms with E-state index in [1.54, 1.807) is 8.61 Å². The Balaban J connectivity index is 1.55. The fourth-order valence-electron chi connectivity index (χ4n) is 4.32. The number of carbonyl (C=O) groups excluding carboxylic acids is 1. The molecule has 4 aliphatic heterocycles. The van der Waals surface area contributed by atoms with Gasteiger partial charge in [-0.1, -0.05) is 18.2 Å². The summed E-state index contributed by atoms with van der Waals surface area (Å²) >= 11 is 0. The van der Waals surface area contributed by atoms with Crippen molar-refractivity contribution in [2.24, 2.45) is 5.92 Å². The van der Waals surface area contributed by atoms with E-state index in [0.29, 0.717) is 38.3 Å². The molecule has 0 aliphatic carbocycles. The highest BCUT2D eigenvalue weighted by Gasteiger charge is 2.44. The van der Waals surface area contributed by atoms with Crippen LogP contribution in [0.2, 0.25) is 0 Å². The van der Waals surface area contributed by atoms with Gasteiger partial charge in [0.05, 0.1) is 0 Å². The molecule has 0 radical (unpaired) electrons. The molecule has 25 heavy (non-hydrogen) atoms. The average molecular weight is 363 g/mol. The highest BCUT2D eigenvalue weighted by molar-refractivity contribution is 7.86. The standard InChI is InChI=1S/C18H25N3O3S/c22-18(16-6-2-1-3-7-16)19-12-15-8-9-17(14-19)21(13-15)25(23,24)20-10-4-5-11-20/h1-3,6-7,15,17H,4-5,8-14H2. The van der Waals surface area contributed by atoms with Crippen LogP contribution in [0.25, 0.3) is 0 Å². The second kappa shape index (κ2) is 6.70. The van der Waals surface area contributed by atoms with Crippen LogP contribution in [0.15, 0.2) is 30.3 Å². The summed E-state index contributed by atoms with van der Waals surface area (Å²) in [7, 11) is -3.40. The molecular weight excluding hydrogens is 338 g/mol. The first kappa shape index (κ1) is 17.0. The minimum Gasteiger partial charge on any atom is -0.337 e. The van der Waals surface area contributed by atoms with Crippen LogP contribution in [0.1, 0.15) is 36.0 Å². The van der Waals surface area contributed by atoms with Crippen LogP contribution < -0.4 is 0 Å². The van der Waals surface area contributed by atoms with Crippen molar-refractivity contribution in [3.8, 4) is 0 Å². The maximum Gasteiger partial charge on any atom is 0.282 e. The molecule has 0 N–H and O–H groups in total. The van der Waals surface area contributed by atoms with Crippen LogP contribution in [-0.4, -0.2) is 66.6 Å². The molecule has 2 bridgehead atoms. The van der Waals surface area contributed by atoms with Crippen LogP contribution in [0, 0.1) is 5.92 Å². The van der Waals surface area contributed by atoms with E-state index in [2.05, 4.69) is 0 Å². The minimum absolute atomic E-state index is 0.0120. The lowest BCUT2D eigenvalue weighted by atomic mass is 9.97. The summed E-state index contributed by atoms with van der Waals surface area (Å²) in [5.41, 5.74) is 0.678. The van der Waals surface area contributed by atoms with Crippen molar-refractivity contribution in [1.29, 1.82) is 0 Å². The lowest BCUT2D eigenvalue weighted by molar-refractivity contribution is 0.0745. The number of fused-ring (bicyclic) bond motifs is 4. The zero-order valence-electron chi connectivity index (χ0n) is 14.4. The Hall–Kier alpha value is -1.44. The van der Waals surface area contributed by atoms with E-state index in [0.717, 1.165) is 25.7 Å². The Morgan fingerprint density at radius 3 is 2.40 bits per heavy atom. The third-order valence-electron chi connectivity index (χ3n) is 5.66. The first-order chi connectivity index (χ1) is 12.1. The Morgan fingerprint density at radius 2 is 1.68 bits per heavy atom. The van der Waals surface area contributed by atoms with Gasteiger partial charge in [-0.05, 0) is 43.7 Å². The molecule has 7 heteroatoms. The topological polar surface area (TPSA) is 60.9 Å². The fourth-order valence-corrected chi connectivity index (χ4v) is 6.28. The molecule has 0 saturated carbocycles. The van der Waals surface area contributed by atoms with Gasteiger partial charge in [-0.3, -0.25) is 4.79 Å². The molecule has 0 aromatic heterocycles. The molecule has 4 aliphatic rings. The molecule has 0 spiro atoms. The van der Waals surface area contributed by atoms with E-state index in [1.165, 1.54) is 0 Å². The molecule has 1 aromatic rings. The van der Waals surface area contributed by atoms with Gasteiger partial charge in [-0.25, -0.2) is 0 Å². The summed E-state index contributed by atoms with van der Waals surface area (Å²) in [6, 6.07) is 9.18. The number of nitrogens with zero attached hydrogens (tertiary/aromatic N) is 3. The van der Waals surface area contributed by atoms with Crippen molar-refractivity contribution < 1.29 is 13.2 Å². The normalized spacial score (nSPS) is 28.2. The first-order valence-electron chi connectivity index (χ1n) is 9.17. The largest absolute Gasteiger partial charge is 0.337 e. The van der Waals surface area contributed by atoms with Crippen molar-refractivity contribution in [3.63, 3.8) is 0 Å². The number of piperidine rings is 1. The van der Waals surface area contributed by atoms with Crippen molar-refractivity contribution in [3.05, 3.63) is 35.9 Å². The van der Waals surface area contributed by atoms with Crippen molar-refractivity contribution in [2.45, 2.75) is 31.7 Å². The Morgan fingerprint density at radius 1 is 0.960 bits per heavy atom. The van der Waals surface area contributed by atoms with E-state index in [4.69, 9.17) is 0 Å². The second-order valence-electron chi connectivity index (χ2n) is 7.36. The maximum atomic E-state index is 13.0. The molecule has 1 amide bonds. The van der Waals surface area contributed by atoms with Gasteiger partial charge in [-0.2, -0.15) is 17.0 Å². The van der Waals surface area contributed by atoms with Gasteiger partial charge in [0.25, 0.3) is 16.1 Å². The van der Waals surface area contributed by atoms with Gasteiger partial charge >= 0.3 is 0 Å². The van der Waals surface area contributed by atoms with E-state index in [1.807, 2.05) is 35.2 Å². The number of benzene rings is 1. The number of hydrogen-bond acceptors (Lipinski definition) is 3. The zero-order valence-corrected chi connectivity index (χ0v) is 15.2. The minimum atomic E-state index is -3.40. The molecule has 1 aromatic carbocycles. The number of amides is 1. The molecule has 4 heterocycles. The Kier molecular flexibility index (Phi) is 4.56. The molecule has 5 rings (SSSR count). The van der Waals surface area contributed by atoms with Crippen LogP contribution >= 0.6 is 0 Å². The average Bonchev–Trinajstić information content (AvgIpc) is 3.03. The van der Waals surface area contributed by atoms with Gasteiger partial charge < -0.3 is 4.90 Å². The van der Waals surface area contributed by atoms with E-state index in [9.17, 15) is 13.2 Å². The molecule has 4 fully saturated rings. The summed E-state index contributed by atoms with van der Waals surface area (Å²) in [6.07, 6.45) is 3.73. The molecule has 6 nitrogen and oxygen atoms in total. The van der Waals surface area contributed by atoms with Crippen molar-refractivity contribution in [2.75, 3.05) is 32.7 Å². The molecule has 136 valence electrons. The summed E-state index contributed by atoms with van der Waals surface area (Å²) in [5, 5.41) is 0. The van der Waals surface area contributed by atoms with Crippen molar-refractivity contribution in [1.82, 2.24) is 13.5 Å². The van der Waals surface area contributed by atoms with E-state index >= 15 is 0 Å². The SMILES string of the molecule is O=C(c1ccccc1)N1CC2CCC(C1)N(S(=O)(=O)N1CCCC1)C2. The predicted molar refractivity (Wildman–Crippen MR) is 95.3 cm³/mol. The predicted octanol–water partition coefficient (Wildman–Crippen LogP) is 1.56. The number of hydrogen-bond donors (Lipinski definition) is 0. The maximum absolute atomic E-state index is 13.0. The number of rotatable bonds is 3. The fraction of sp³-hybridized carbons (Fsp3) is 0.611. The Bertz CT molecular complexity index is 731. The van der Waals surface area contributed by atoms with Crippen LogP contribution in [0.5, 0.6) is 0 Å². The summed E-state index contributed by atoms with van der Waals surface area (Å²) in [4.78, 5) is 14.7. The third kappa shape index (κ3) is 3.20. The quantitative estimate of drug-likeness (QED) is 0.819. The molecule has 2 unspecified atom stereocenters. The Labute approximate surface area is 149 Å². The van der Waals surface area contributed by atoms with Gasteiger partial charge in [0.1, 0.15) is 0 Å².